The summed E-state index contributed by atoms with van der Waals surface area (Å²) in [5.74, 6) is 2.40. The number of hydrogen-bond acceptors (Lipinski definition) is 4. The summed E-state index contributed by atoms with van der Waals surface area (Å²) in [5.41, 5.74) is 6.98. The normalized spacial score (nSPS) is 13.1. The highest BCUT2D eigenvalue weighted by Crippen LogP contribution is 2.49. The highest BCUT2D eigenvalue weighted by atomic mass is 16.5. The van der Waals surface area contributed by atoms with Crippen LogP contribution in [-0.4, -0.2) is 28.4 Å². The first-order chi connectivity index (χ1) is 15.7. The van der Waals surface area contributed by atoms with Gasteiger partial charge in [-0.25, -0.2) is 0 Å². The highest BCUT2D eigenvalue weighted by Gasteiger charge is 2.29. The van der Waals surface area contributed by atoms with E-state index in [1.165, 1.54) is 32.9 Å². The third kappa shape index (κ3) is 2.32. The summed E-state index contributed by atoms with van der Waals surface area (Å²) in [7, 11) is 7.25. The molecular weight excluding hydrogens is 398 g/mol. The van der Waals surface area contributed by atoms with Crippen LogP contribution in [0.1, 0.15) is 0 Å². The van der Waals surface area contributed by atoms with Gasteiger partial charge in [0.15, 0.2) is 11.5 Å². The van der Waals surface area contributed by atoms with Gasteiger partial charge in [0.1, 0.15) is 5.75 Å². The molecule has 6 rings (SSSR count). The fourth-order valence-electron chi connectivity index (χ4n) is 5.18. The van der Waals surface area contributed by atoms with E-state index in [0.29, 0.717) is 0 Å². The molecule has 0 spiro atoms. The second-order valence-corrected chi connectivity index (χ2v) is 8.10. The van der Waals surface area contributed by atoms with E-state index >= 15 is 0 Å². The Labute approximate surface area is 186 Å². The van der Waals surface area contributed by atoms with Gasteiger partial charge in [0.25, 0.3) is 0 Å². The van der Waals surface area contributed by atoms with Gasteiger partial charge in [0, 0.05) is 34.0 Å². The lowest BCUT2D eigenvalue weighted by molar-refractivity contribution is 0.357. The molecule has 0 radical (unpaired) electrons. The molecule has 0 unspecified atom stereocenters. The first-order valence-electron chi connectivity index (χ1n) is 10.6. The van der Waals surface area contributed by atoms with Gasteiger partial charge in [-0.3, -0.25) is 0 Å². The van der Waals surface area contributed by atoms with Crippen molar-refractivity contribution in [3.05, 3.63) is 71.1 Å². The molecule has 0 N–H and O–H groups in total. The first kappa shape index (κ1) is 18.8. The van der Waals surface area contributed by atoms with E-state index in [-0.39, 0.29) is 0 Å². The first-order valence-corrected chi connectivity index (χ1v) is 10.6. The molecule has 0 amide bonds. The fraction of sp³-hybridized carbons (Fsp3) is 0.143. The smallest absolute Gasteiger partial charge is 0.169 e. The largest absolute Gasteiger partial charge is 0.496 e. The highest BCUT2D eigenvalue weighted by molar-refractivity contribution is 6.15. The monoisotopic (exact) mass is 421 g/mol. The Morgan fingerprint density at radius 3 is 2.19 bits per heavy atom. The Bertz CT molecular complexity index is 1540. The van der Waals surface area contributed by atoms with Crippen molar-refractivity contribution in [1.29, 1.82) is 0 Å². The Hall–Kier alpha value is -3.92. The maximum Gasteiger partial charge on any atom is 0.169 e. The van der Waals surface area contributed by atoms with Crippen LogP contribution in [0.2, 0.25) is 0 Å². The van der Waals surface area contributed by atoms with Crippen molar-refractivity contribution in [3.63, 3.8) is 0 Å². The summed E-state index contributed by atoms with van der Waals surface area (Å²) in [6, 6.07) is 21.1. The average Bonchev–Trinajstić information content (AvgIpc) is 2.82. The van der Waals surface area contributed by atoms with Crippen LogP contribution in [0.15, 0.2) is 60.7 Å². The van der Waals surface area contributed by atoms with Crippen molar-refractivity contribution in [1.82, 2.24) is 0 Å². The topological polar surface area (TPSA) is 30.9 Å². The number of rotatable bonds is 4. The predicted molar refractivity (Wildman–Crippen MR) is 130 cm³/mol. The van der Waals surface area contributed by atoms with Crippen molar-refractivity contribution in [2.75, 3.05) is 33.3 Å². The Kier molecular flexibility index (Phi) is 3.99. The van der Waals surface area contributed by atoms with Crippen molar-refractivity contribution in [2.24, 2.45) is 0 Å². The molecule has 0 fully saturated rings. The quantitative estimate of drug-likeness (QED) is 0.484. The molecule has 4 aromatic rings. The molecule has 0 bridgehead atoms. The Morgan fingerprint density at radius 2 is 1.47 bits per heavy atom. The number of fused-ring (bicyclic) bond motifs is 4. The predicted octanol–water partition coefficient (Wildman–Crippen LogP) is 4.55. The van der Waals surface area contributed by atoms with Gasteiger partial charge in [0.05, 0.1) is 32.7 Å². The molecule has 4 heteroatoms. The second kappa shape index (κ2) is 6.79. The summed E-state index contributed by atoms with van der Waals surface area (Å²) in [6.45, 7) is 0. The summed E-state index contributed by atoms with van der Waals surface area (Å²) in [5, 5.41) is 4.71. The molecule has 1 heterocycles. The van der Waals surface area contributed by atoms with E-state index in [4.69, 9.17) is 14.2 Å². The molecule has 4 aromatic carbocycles. The molecule has 1 aliphatic heterocycles. The number of hydrogen-bond donors (Lipinski definition) is 0. The van der Waals surface area contributed by atoms with Crippen LogP contribution in [0.3, 0.4) is 0 Å². The average molecular weight is 421 g/mol. The molecule has 1 aliphatic carbocycles. The van der Waals surface area contributed by atoms with Crippen molar-refractivity contribution < 1.29 is 14.2 Å². The summed E-state index contributed by atoms with van der Waals surface area (Å²) in [4.78, 5) is 2.28. The van der Waals surface area contributed by atoms with Crippen LogP contribution in [0.5, 0.6) is 17.2 Å². The third-order valence-electron chi connectivity index (χ3n) is 6.65. The van der Waals surface area contributed by atoms with E-state index in [9.17, 15) is 0 Å². The number of ether oxygens (including phenoxy) is 3. The van der Waals surface area contributed by atoms with Crippen LogP contribution in [0, 0.1) is 0 Å². The maximum atomic E-state index is 5.85. The van der Waals surface area contributed by atoms with Gasteiger partial charge in [-0.2, -0.15) is 0 Å². The lowest BCUT2D eigenvalue weighted by atomic mass is 9.86. The third-order valence-corrected chi connectivity index (χ3v) is 6.65. The Morgan fingerprint density at radius 1 is 0.719 bits per heavy atom. The second-order valence-electron chi connectivity index (χ2n) is 8.10. The molecule has 4 nitrogen and oxygen atoms in total. The minimum Gasteiger partial charge on any atom is -0.496 e. The van der Waals surface area contributed by atoms with Crippen molar-refractivity contribution in [2.45, 2.75) is 0 Å². The van der Waals surface area contributed by atoms with Crippen LogP contribution < -0.4 is 29.5 Å². The number of nitrogens with zero attached hydrogens (tertiary/aromatic N) is 1. The van der Waals surface area contributed by atoms with Crippen LogP contribution in [0.25, 0.3) is 44.8 Å². The number of anilines is 1. The van der Waals surface area contributed by atoms with E-state index in [2.05, 4.69) is 72.6 Å². The van der Waals surface area contributed by atoms with Crippen LogP contribution >= 0.6 is 0 Å². The molecule has 0 atom stereocenters. The van der Waals surface area contributed by atoms with Gasteiger partial charge in [-0.1, -0.05) is 42.5 Å². The van der Waals surface area contributed by atoms with E-state index < -0.39 is 0 Å². The zero-order valence-corrected chi connectivity index (χ0v) is 18.5. The van der Waals surface area contributed by atoms with E-state index in [0.717, 1.165) is 39.1 Å². The van der Waals surface area contributed by atoms with Crippen molar-refractivity contribution in [3.8, 4) is 39.5 Å². The number of methoxy groups -OCH3 is 3. The molecule has 32 heavy (non-hydrogen) atoms. The molecule has 0 saturated heterocycles. The molecule has 0 aromatic heterocycles. The fourth-order valence-corrected chi connectivity index (χ4v) is 5.18. The van der Waals surface area contributed by atoms with E-state index in [1.54, 1.807) is 21.3 Å². The Balaban J connectivity index is 1.72. The zero-order valence-electron chi connectivity index (χ0n) is 18.5. The zero-order chi connectivity index (χ0) is 22.0. The lowest BCUT2D eigenvalue weighted by Crippen LogP contribution is -2.44. The SMILES string of the molecule is COc1cc2c3c(ccc2c(-c2ccccc2)c1OC)-c1ccc(OC)c2c1=C(C=2)N3C. The molecule has 158 valence electrons. The summed E-state index contributed by atoms with van der Waals surface area (Å²) in [6.07, 6.45) is 2.21. The van der Waals surface area contributed by atoms with Gasteiger partial charge in [0.2, 0.25) is 0 Å². The summed E-state index contributed by atoms with van der Waals surface area (Å²) < 4.78 is 17.2. The van der Waals surface area contributed by atoms with Crippen molar-refractivity contribution >= 4 is 28.2 Å². The van der Waals surface area contributed by atoms with Gasteiger partial charge in [-0.15, -0.1) is 0 Å². The van der Waals surface area contributed by atoms with Gasteiger partial charge >= 0.3 is 0 Å². The van der Waals surface area contributed by atoms with Crippen LogP contribution in [0.4, 0.5) is 5.69 Å². The standard InChI is InChI=1S/C28H23NO3/c1-29-22-14-21-23(30-2)13-12-17(26(21)22)19-11-10-18-20(27(19)29)15-24(31-3)28(32-4)25(18)16-8-6-5-7-9-16/h5-15H,1-4H3. The van der Waals surface area contributed by atoms with Gasteiger partial charge in [-0.05, 0) is 40.8 Å². The lowest BCUT2D eigenvalue weighted by Gasteiger charge is -2.34. The van der Waals surface area contributed by atoms with Gasteiger partial charge < -0.3 is 19.1 Å². The molecule has 2 aliphatic rings. The summed E-state index contributed by atoms with van der Waals surface area (Å²) >= 11 is 0. The van der Waals surface area contributed by atoms with Crippen LogP contribution in [-0.2, 0) is 0 Å². The molecule has 0 saturated carbocycles. The minimum atomic E-state index is 0.726. The van der Waals surface area contributed by atoms with E-state index in [1.807, 2.05) is 6.07 Å². The molecular formula is C28H23NO3. The minimum absolute atomic E-state index is 0.726. The number of benzene rings is 4. The maximum absolute atomic E-state index is 5.85.